The number of carbonyl (C=O) groups excluding carboxylic acids is 1. The van der Waals surface area contributed by atoms with E-state index in [1.165, 1.54) is 0 Å². The molecule has 4 nitrogen and oxygen atoms in total. The van der Waals surface area contributed by atoms with Gasteiger partial charge >= 0.3 is 5.97 Å². The largest absolute Gasteiger partial charge is 0.460 e. The van der Waals surface area contributed by atoms with Gasteiger partial charge in [0, 0.05) is 6.04 Å². The highest BCUT2D eigenvalue weighted by molar-refractivity contribution is 5.71. The molecule has 116 valence electrons. The van der Waals surface area contributed by atoms with E-state index in [0.717, 1.165) is 37.8 Å². The minimum Gasteiger partial charge on any atom is -0.460 e. The molecule has 1 aromatic carbocycles. The van der Waals surface area contributed by atoms with Crippen molar-refractivity contribution >= 4 is 5.97 Å². The van der Waals surface area contributed by atoms with Gasteiger partial charge in [-0.1, -0.05) is 43.7 Å². The van der Waals surface area contributed by atoms with Crippen molar-refractivity contribution in [1.29, 1.82) is 0 Å². The van der Waals surface area contributed by atoms with Crippen molar-refractivity contribution in [1.82, 2.24) is 4.90 Å². The van der Waals surface area contributed by atoms with E-state index in [0.29, 0.717) is 6.61 Å². The first kappa shape index (κ1) is 16.0. The van der Waals surface area contributed by atoms with E-state index in [-0.39, 0.29) is 24.7 Å². The molecule has 1 N–H and O–H groups in total. The van der Waals surface area contributed by atoms with Gasteiger partial charge in [0.15, 0.2) is 0 Å². The maximum absolute atomic E-state index is 12.0. The molecule has 21 heavy (non-hydrogen) atoms. The zero-order valence-electron chi connectivity index (χ0n) is 12.7. The molecule has 1 saturated heterocycles. The van der Waals surface area contributed by atoms with E-state index < -0.39 is 0 Å². The van der Waals surface area contributed by atoms with E-state index in [2.05, 4.69) is 4.90 Å². The van der Waals surface area contributed by atoms with Crippen molar-refractivity contribution in [3.05, 3.63) is 35.9 Å². The van der Waals surface area contributed by atoms with Crippen molar-refractivity contribution in [3.8, 4) is 0 Å². The summed E-state index contributed by atoms with van der Waals surface area (Å²) in [5, 5.41) is 10.1. The lowest BCUT2D eigenvalue weighted by Crippen LogP contribution is -2.48. The molecule has 1 heterocycles. The van der Waals surface area contributed by atoms with Gasteiger partial charge < -0.3 is 9.84 Å². The fourth-order valence-corrected chi connectivity index (χ4v) is 2.87. The highest BCUT2D eigenvalue weighted by Crippen LogP contribution is 2.21. The Bertz CT molecular complexity index is 435. The average Bonchev–Trinajstić information content (AvgIpc) is 2.54. The molecule has 1 fully saturated rings. The van der Waals surface area contributed by atoms with Crippen LogP contribution in [-0.2, 0) is 16.1 Å². The van der Waals surface area contributed by atoms with Crippen LogP contribution in [0.15, 0.2) is 30.3 Å². The summed E-state index contributed by atoms with van der Waals surface area (Å²) >= 11 is 0. The van der Waals surface area contributed by atoms with Crippen LogP contribution in [0, 0.1) is 0 Å². The van der Waals surface area contributed by atoms with Crippen molar-refractivity contribution in [2.75, 3.05) is 13.1 Å². The lowest BCUT2D eigenvalue weighted by atomic mass is 9.96. The Morgan fingerprint density at radius 3 is 2.86 bits per heavy atom. The Balaban J connectivity index is 1.82. The van der Waals surface area contributed by atoms with E-state index in [1.54, 1.807) is 0 Å². The molecule has 0 spiro atoms. The quantitative estimate of drug-likeness (QED) is 0.817. The number of piperidine rings is 1. The van der Waals surface area contributed by atoms with Gasteiger partial charge in [-0.2, -0.15) is 0 Å². The predicted octanol–water partition coefficient (Wildman–Crippen LogP) is 2.36. The summed E-state index contributed by atoms with van der Waals surface area (Å²) < 4.78 is 5.33. The summed E-state index contributed by atoms with van der Waals surface area (Å²) in [5.41, 5.74) is 0.995. The molecule has 0 bridgehead atoms. The Morgan fingerprint density at radius 1 is 1.38 bits per heavy atom. The second-order valence-electron chi connectivity index (χ2n) is 5.66. The summed E-state index contributed by atoms with van der Waals surface area (Å²) in [6.07, 6.45) is 3.53. The molecule has 2 atom stereocenters. The number of nitrogens with zero attached hydrogens (tertiary/aromatic N) is 1. The van der Waals surface area contributed by atoms with Gasteiger partial charge in [0.2, 0.25) is 0 Å². The fourth-order valence-electron chi connectivity index (χ4n) is 2.87. The third-order valence-corrected chi connectivity index (χ3v) is 4.10. The van der Waals surface area contributed by atoms with E-state index in [1.807, 2.05) is 37.3 Å². The molecule has 1 aromatic rings. The zero-order valence-corrected chi connectivity index (χ0v) is 12.7. The third kappa shape index (κ3) is 4.83. The van der Waals surface area contributed by atoms with E-state index in [9.17, 15) is 9.90 Å². The van der Waals surface area contributed by atoms with Crippen molar-refractivity contribution in [3.63, 3.8) is 0 Å². The molecule has 2 rings (SSSR count). The number of hydrogen-bond acceptors (Lipinski definition) is 4. The molecule has 0 saturated carbocycles. The van der Waals surface area contributed by atoms with Crippen LogP contribution in [0.5, 0.6) is 0 Å². The molecule has 1 aliphatic rings. The Labute approximate surface area is 126 Å². The summed E-state index contributed by atoms with van der Waals surface area (Å²) in [7, 11) is 0. The van der Waals surface area contributed by atoms with Crippen molar-refractivity contribution in [2.24, 2.45) is 0 Å². The van der Waals surface area contributed by atoms with Gasteiger partial charge in [-0.05, 0) is 31.4 Å². The van der Waals surface area contributed by atoms with Crippen LogP contribution in [0.4, 0.5) is 0 Å². The van der Waals surface area contributed by atoms with Crippen LogP contribution in [0.3, 0.4) is 0 Å². The van der Waals surface area contributed by atoms with E-state index >= 15 is 0 Å². The molecule has 4 heteroatoms. The van der Waals surface area contributed by atoms with Gasteiger partial charge in [0.05, 0.1) is 12.6 Å². The predicted molar refractivity (Wildman–Crippen MR) is 81.7 cm³/mol. The fraction of sp³-hybridized carbons (Fsp3) is 0.588. The summed E-state index contributed by atoms with van der Waals surface area (Å²) in [6.45, 7) is 3.43. The Kier molecular flexibility index (Phi) is 6.21. The first-order chi connectivity index (χ1) is 10.2. The SMILES string of the molecule is CCC(O)C1CCCCN1CC(=O)OCc1ccccc1. The second kappa shape index (κ2) is 8.15. The number of esters is 1. The lowest BCUT2D eigenvalue weighted by molar-refractivity contribution is -0.148. The van der Waals surface area contributed by atoms with Gasteiger partial charge in [0.1, 0.15) is 6.61 Å². The van der Waals surface area contributed by atoms with Gasteiger partial charge in [0.25, 0.3) is 0 Å². The molecule has 0 amide bonds. The van der Waals surface area contributed by atoms with Crippen LogP contribution in [0.1, 0.15) is 38.2 Å². The zero-order chi connectivity index (χ0) is 15.1. The van der Waals surface area contributed by atoms with Crippen molar-refractivity contribution < 1.29 is 14.6 Å². The minimum absolute atomic E-state index is 0.0908. The number of hydrogen-bond donors (Lipinski definition) is 1. The van der Waals surface area contributed by atoms with E-state index in [4.69, 9.17) is 4.74 Å². The molecule has 0 radical (unpaired) electrons. The molecule has 0 aromatic heterocycles. The standard InChI is InChI=1S/C17H25NO3/c1-2-16(19)15-10-6-7-11-18(15)12-17(20)21-13-14-8-4-3-5-9-14/h3-5,8-9,15-16,19H,2,6-7,10-13H2,1H3. The number of rotatable bonds is 6. The number of carbonyl (C=O) groups is 1. The number of likely N-dealkylation sites (tertiary alicyclic amines) is 1. The molecule has 1 aliphatic heterocycles. The van der Waals surface area contributed by atoms with Crippen LogP contribution in [0.2, 0.25) is 0 Å². The molecule has 2 unspecified atom stereocenters. The van der Waals surface area contributed by atoms with Crippen LogP contribution in [0.25, 0.3) is 0 Å². The second-order valence-corrected chi connectivity index (χ2v) is 5.66. The topological polar surface area (TPSA) is 49.8 Å². The summed E-state index contributed by atoms with van der Waals surface area (Å²) in [5.74, 6) is -0.214. The van der Waals surface area contributed by atoms with Gasteiger partial charge in [-0.25, -0.2) is 0 Å². The molecular formula is C17H25NO3. The third-order valence-electron chi connectivity index (χ3n) is 4.10. The molecule has 0 aliphatic carbocycles. The van der Waals surface area contributed by atoms with Crippen LogP contribution < -0.4 is 0 Å². The van der Waals surface area contributed by atoms with Gasteiger partial charge in [-0.15, -0.1) is 0 Å². The summed E-state index contributed by atoms with van der Waals surface area (Å²) in [4.78, 5) is 14.1. The number of benzene rings is 1. The summed E-state index contributed by atoms with van der Waals surface area (Å²) in [6, 6.07) is 9.78. The maximum Gasteiger partial charge on any atom is 0.320 e. The smallest absolute Gasteiger partial charge is 0.320 e. The average molecular weight is 291 g/mol. The Morgan fingerprint density at radius 2 is 2.14 bits per heavy atom. The monoisotopic (exact) mass is 291 g/mol. The minimum atomic E-state index is -0.354. The highest BCUT2D eigenvalue weighted by atomic mass is 16.5. The molecular weight excluding hydrogens is 266 g/mol. The number of aliphatic hydroxyl groups excluding tert-OH is 1. The Hall–Kier alpha value is -1.39. The normalized spacial score (nSPS) is 21.0. The van der Waals surface area contributed by atoms with Crippen LogP contribution >= 0.6 is 0 Å². The first-order valence-electron chi connectivity index (χ1n) is 7.82. The van der Waals surface area contributed by atoms with Crippen LogP contribution in [-0.4, -0.2) is 41.2 Å². The first-order valence-corrected chi connectivity index (χ1v) is 7.82. The number of aliphatic hydroxyl groups is 1. The number of ether oxygens (including phenoxy) is 1. The maximum atomic E-state index is 12.0. The van der Waals surface area contributed by atoms with Crippen molar-refractivity contribution in [2.45, 2.75) is 51.4 Å². The highest BCUT2D eigenvalue weighted by Gasteiger charge is 2.29. The lowest BCUT2D eigenvalue weighted by Gasteiger charge is -2.37. The van der Waals surface area contributed by atoms with Gasteiger partial charge in [-0.3, -0.25) is 9.69 Å².